The first kappa shape index (κ1) is 19.3. The third-order valence-electron chi connectivity index (χ3n) is 4.99. The highest BCUT2D eigenvalue weighted by Gasteiger charge is 2.15. The quantitative estimate of drug-likeness (QED) is 0.430. The molecule has 0 saturated heterocycles. The van der Waals surface area contributed by atoms with Crippen LogP contribution in [0.25, 0.3) is 28.8 Å². The van der Waals surface area contributed by atoms with Gasteiger partial charge in [0.2, 0.25) is 10.9 Å². The van der Waals surface area contributed by atoms with Crippen molar-refractivity contribution in [3.63, 3.8) is 0 Å². The highest BCUT2D eigenvalue weighted by atomic mass is 32.2. The molecule has 3 aromatic heterocycles. The zero-order valence-corrected chi connectivity index (χ0v) is 17.8. The van der Waals surface area contributed by atoms with Crippen molar-refractivity contribution in [2.45, 2.75) is 17.8 Å². The Morgan fingerprint density at radius 3 is 2.77 bits per heavy atom. The monoisotopic (exact) mass is 429 g/mol. The van der Waals surface area contributed by atoms with Crippen molar-refractivity contribution in [1.29, 1.82) is 0 Å². The standard InChI is InChI=1S/C22H19N7OS/c1-14-8-10-17-16(12-14)20(30)28(2)22-27-25-19(29(17)22)13-31-21-23-18(24-26-21)11-9-15-6-4-3-5-7-15/h3-12H,13H2,1-2H3,(H,23,24,26)/b11-9+. The van der Waals surface area contributed by atoms with E-state index in [-0.39, 0.29) is 5.56 Å². The molecule has 154 valence electrons. The van der Waals surface area contributed by atoms with Crippen molar-refractivity contribution in [2.24, 2.45) is 7.05 Å². The highest BCUT2D eigenvalue weighted by molar-refractivity contribution is 7.98. The number of nitrogens with one attached hydrogen (secondary N) is 1. The second kappa shape index (κ2) is 7.84. The van der Waals surface area contributed by atoms with Gasteiger partial charge in [0.1, 0.15) is 11.6 Å². The number of nitrogens with zero attached hydrogens (tertiary/aromatic N) is 6. The molecule has 0 aliphatic rings. The van der Waals surface area contributed by atoms with Crippen molar-refractivity contribution in [2.75, 3.05) is 0 Å². The molecule has 31 heavy (non-hydrogen) atoms. The van der Waals surface area contributed by atoms with Gasteiger partial charge in [-0.2, -0.15) is 0 Å². The fourth-order valence-electron chi connectivity index (χ4n) is 3.42. The smallest absolute Gasteiger partial charge is 0.262 e. The number of fused-ring (bicyclic) bond motifs is 3. The number of thioether (sulfide) groups is 1. The van der Waals surface area contributed by atoms with E-state index in [9.17, 15) is 4.79 Å². The Morgan fingerprint density at radius 1 is 1.10 bits per heavy atom. The molecular weight excluding hydrogens is 410 g/mol. The Bertz CT molecular complexity index is 1480. The van der Waals surface area contributed by atoms with Gasteiger partial charge in [-0.05, 0) is 30.7 Å². The van der Waals surface area contributed by atoms with Crippen LogP contribution >= 0.6 is 11.8 Å². The summed E-state index contributed by atoms with van der Waals surface area (Å²) in [5.74, 6) is 2.44. The first-order valence-electron chi connectivity index (χ1n) is 9.72. The number of benzene rings is 2. The molecule has 0 aliphatic heterocycles. The van der Waals surface area contributed by atoms with Gasteiger partial charge in [-0.3, -0.25) is 18.9 Å². The molecule has 0 saturated carbocycles. The normalized spacial score (nSPS) is 11.8. The molecule has 0 bridgehead atoms. The van der Waals surface area contributed by atoms with Crippen LogP contribution in [0, 0.1) is 6.92 Å². The Hall–Kier alpha value is -3.72. The zero-order chi connectivity index (χ0) is 21.4. The van der Waals surface area contributed by atoms with Crippen LogP contribution in [0.4, 0.5) is 0 Å². The molecule has 0 spiro atoms. The van der Waals surface area contributed by atoms with Gasteiger partial charge in [0.15, 0.2) is 0 Å². The van der Waals surface area contributed by atoms with Crippen LogP contribution in [0.5, 0.6) is 0 Å². The van der Waals surface area contributed by atoms with E-state index in [0.29, 0.717) is 27.9 Å². The lowest BCUT2D eigenvalue weighted by atomic mass is 10.1. The molecule has 0 unspecified atom stereocenters. The van der Waals surface area contributed by atoms with Gasteiger partial charge in [0.05, 0.1) is 16.7 Å². The minimum Gasteiger partial charge on any atom is -0.279 e. The molecule has 0 amide bonds. The molecule has 1 N–H and O–H groups in total. The van der Waals surface area contributed by atoms with Gasteiger partial charge in [-0.1, -0.05) is 59.8 Å². The highest BCUT2D eigenvalue weighted by Crippen LogP contribution is 2.22. The van der Waals surface area contributed by atoms with Crippen LogP contribution in [-0.2, 0) is 12.8 Å². The van der Waals surface area contributed by atoms with Gasteiger partial charge < -0.3 is 0 Å². The fourth-order valence-corrected chi connectivity index (χ4v) is 4.14. The van der Waals surface area contributed by atoms with E-state index in [1.54, 1.807) is 7.05 Å². The van der Waals surface area contributed by atoms with Crippen LogP contribution in [0.1, 0.15) is 22.8 Å². The molecule has 9 heteroatoms. The van der Waals surface area contributed by atoms with Gasteiger partial charge in [-0.25, -0.2) is 4.98 Å². The average molecular weight is 430 g/mol. The van der Waals surface area contributed by atoms with Crippen molar-refractivity contribution in [3.05, 3.63) is 81.7 Å². The summed E-state index contributed by atoms with van der Waals surface area (Å²) in [5.41, 5.74) is 2.84. The van der Waals surface area contributed by atoms with E-state index in [1.165, 1.54) is 16.3 Å². The van der Waals surface area contributed by atoms with Crippen LogP contribution in [0.15, 0.2) is 58.5 Å². The van der Waals surface area contributed by atoms with E-state index >= 15 is 0 Å². The van der Waals surface area contributed by atoms with Crippen LogP contribution in [0.2, 0.25) is 0 Å². The first-order chi connectivity index (χ1) is 15.1. The Balaban J connectivity index is 1.42. The van der Waals surface area contributed by atoms with E-state index in [1.807, 2.05) is 72.0 Å². The Labute approximate surface area is 181 Å². The Kier molecular flexibility index (Phi) is 4.87. The SMILES string of the molecule is Cc1ccc2c(c1)c(=O)n(C)c1nnc(CSc3n[nH]c(/C=C/c4ccccc4)n3)n21. The molecule has 5 aromatic rings. The third-order valence-corrected chi connectivity index (χ3v) is 5.83. The Morgan fingerprint density at radius 2 is 1.94 bits per heavy atom. The summed E-state index contributed by atoms with van der Waals surface area (Å²) in [5, 5.41) is 17.0. The van der Waals surface area contributed by atoms with Crippen LogP contribution in [-0.4, -0.2) is 34.3 Å². The maximum Gasteiger partial charge on any atom is 0.262 e. The molecule has 8 nitrogen and oxygen atoms in total. The summed E-state index contributed by atoms with van der Waals surface area (Å²) in [4.78, 5) is 17.2. The van der Waals surface area contributed by atoms with Gasteiger partial charge in [-0.15, -0.1) is 15.3 Å². The average Bonchev–Trinajstić information content (AvgIpc) is 3.42. The summed E-state index contributed by atoms with van der Waals surface area (Å²) in [6, 6.07) is 15.8. The minimum atomic E-state index is -0.0818. The lowest BCUT2D eigenvalue weighted by Crippen LogP contribution is -2.20. The van der Waals surface area contributed by atoms with E-state index in [2.05, 4.69) is 25.4 Å². The van der Waals surface area contributed by atoms with Gasteiger partial charge in [0.25, 0.3) is 5.56 Å². The summed E-state index contributed by atoms with van der Waals surface area (Å²) in [7, 11) is 1.71. The second-order valence-electron chi connectivity index (χ2n) is 7.17. The lowest BCUT2D eigenvalue weighted by Gasteiger charge is -2.08. The summed E-state index contributed by atoms with van der Waals surface area (Å²) < 4.78 is 3.45. The van der Waals surface area contributed by atoms with Crippen molar-refractivity contribution < 1.29 is 0 Å². The van der Waals surface area contributed by atoms with Crippen molar-refractivity contribution in [1.82, 2.24) is 34.3 Å². The minimum absolute atomic E-state index is 0.0818. The second-order valence-corrected chi connectivity index (χ2v) is 8.11. The van der Waals surface area contributed by atoms with Gasteiger partial charge >= 0.3 is 0 Å². The third kappa shape index (κ3) is 3.64. The molecule has 0 aliphatic carbocycles. The molecule has 0 fully saturated rings. The van der Waals surface area contributed by atoms with Gasteiger partial charge in [0, 0.05) is 7.05 Å². The van der Waals surface area contributed by atoms with E-state index in [0.717, 1.165) is 22.5 Å². The molecule has 3 heterocycles. The summed E-state index contributed by atoms with van der Waals surface area (Å²) >= 11 is 1.46. The number of hydrogen-bond acceptors (Lipinski definition) is 6. The van der Waals surface area contributed by atoms with Crippen LogP contribution in [0.3, 0.4) is 0 Å². The summed E-state index contributed by atoms with van der Waals surface area (Å²) in [6.07, 6.45) is 3.88. The predicted molar refractivity (Wildman–Crippen MR) is 122 cm³/mol. The summed E-state index contributed by atoms with van der Waals surface area (Å²) in [6.45, 7) is 1.97. The fraction of sp³-hybridized carbons (Fsp3) is 0.136. The van der Waals surface area contributed by atoms with Crippen LogP contribution < -0.4 is 5.56 Å². The molecular formula is C22H19N7OS. The number of aryl methyl sites for hydroxylation is 2. The predicted octanol–water partition coefficient (Wildman–Crippen LogP) is 3.47. The molecule has 2 aromatic carbocycles. The number of aromatic amines is 1. The molecule has 5 rings (SSSR count). The largest absolute Gasteiger partial charge is 0.279 e. The number of hydrogen-bond donors (Lipinski definition) is 1. The van der Waals surface area contributed by atoms with Crippen molar-refractivity contribution >= 4 is 40.6 Å². The molecule has 0 atom stereocenters. The zero-order valence-electron chi connectivity index (χ0n) is 17.0. The lowest BCUT2D eigenvalue weighted by molar-refractivity contribution is 0.857. The number of H-pyrrole nitrogens is 1. The number of aromatic nitrogens is 7. The maximum absolute atomic E-state index is 12.7. The maximum atomic E-state index is 12.7. The first-order valence-corrected chi connectivity index (χ1v) is 10.7. The number of rotatable bonds is 5. The van der Waals surface area contributed by atoms with E-state index < -0.39 is 0 Å². The topological polar surface area (TPSA) is 93.8 Å². The van der Waals surface area contributed by atoms with E-state index in [4.69, 9.17) is 0 Å². The molecule has 0 radical (unpaired) electrons. The van der Waals surface area contributed by atoms with Crippen molar-refractivity contribution in [3.8, 4) is 0 Å².